The summed E-state index contributed by atoms with van der Waals surface area (Å²) in [7, 11) is 0. The maximum absolute atomic E-state index is 12.2. The Morgan fingerprint density at radius 2 is 1.75 bits per heavy atom. The molecule has 0 spiro atoms. The third-order valence-electron chi connectivity index (χ3n) is 3.47. The molecule has 1 aliphatic heterocycles. The molecule has 2 aromatic rings. The van der Waals surface area contributed by atoms with E-state index in [1.54, 1.807) is 0 Å². The molecule has 2 atom stereocenters. The molecule has 0 saturated heterocycles. The van der Waals surface area contributed by atoms with Crippen LogP contribution in [0.3, 0.4) is 0 Å². The zero-order valence-electron chi connectivity index (χ0n) is 11.3. The number of esters is 1. The summed E-state index contributed by atoms with van der Waals surface area (Å²) in [5, 5.41) is 0.163. The number of ether oxygens (including phenoxy) is 1. The predicted molar refractivity (Wildman–Crippen MR) is 81.9 cm³/mol. The molecule has 0 N–H and O–H groups in total. The van der Waals surface area contributed by atoms with Crippen LogP contribution in [0.2, 0.25) is 0 Å². The van der Waals surface area contributed by atoms with Gasteiger partial charge >= 0.3 is 5.97 Å². The molecule has 0 bridgehead atoms. The van der Waals surface area contributed by atoms with E-state index in [0.717, 1.165) is 16.9 Å². The summed E-state index contributed by atoms with van der Waals surface area (Å²) < 4.78 is 5.70. The van der Waals surface area contributed by atoms with Crippen LogP contribution in [-0.4, -0.2) is 11.7 Å². The Bertz CT molecular complexity index is 609. The lowest BCUT2D eigenvalue weighted by Gasteiger charge is -2.32. The Labute approximate surface area is 123 Å². The Balaban J connectivity index is 2.06. The van der Waals surface area contributed by atoms with E-state index >= 15 is 0 Å². The van der Waals surface area contributed by atoms with Gasteiger partial charge in [0.1, 0.15) is 6.10 Å². The van der Waals surface area contributed by atoms with Crippen LogP contribution in [0, 0.1) is 0 Å². The van der Waals surface area contributed by atoms with Crippen molar-refractivity contribution in [2.75, 3.05) is 5.75 Å². The molecular formula is C17H16O2S. The normalized spacial score (nSPS) is 21.1. The topological polar surface area (TPSA) is 26.3 Å². The standard InChI is InChI=1S/C17H16O2S/c1-2-20-16-13-10-6-7-11-14(13)17(18)19-15(16)12-8-4-3-5-9-12/h3-11,15-16H,2H2,1H3/t15-,16+/m1/s1. The monoisotopic (exact) mass is 284 g/mol. The van der Waals surface area contributed by atoms with E-state index in [-0.39, 0.29) is 17.3 Å². The number of carbonyl (C=O) groups excluding carboxylic acids is 1. The molecule has 2 nitrogen and oxygen atoms in total. The highest BCUT2D eigenvalue weighted by molar-refractivity contribution is 7.99. The van der Waals surface area contributed by atoms with Crippen molar-refractivity contribution in [3.8, 4) is 0 Å². The van der Waals surface area contributed by atoms with Gasteiger partial charge in [0.05, 0.1) is 10.8 Å². The number of rotatable bonds is 3. The Morgan fingerprint density at radius 1 is 1.05 bits per heavy atom. The van der Waals surface area contributed by atoms with Crippen molar-refractivity contribution in [1.29, 1.82) is 0 Å². The molecule has 0 amide bonds. The van der Waals surface area contributed by atoms with Gasteiger partial charge in [0.15, 0.2) is 0 Å². The van der Waals surface area contributed by atoms with Crippen LogP contribution in [0.1, 0.15) is 39.8 Å². The fourth-order valence-electron chi connectivity index (χ4n) is 2.58. The smallest absolute Gasteiger partial charge is 0.339 e. The molecule has 102 valence electrons. The third-order valence-corrected chi connectivity index (χ3v) is 4.66. The maximum Gasteiger partial charge on any atom is 0.339 e. The molecule has 20 heavy (non-hydrogen) atoms. The van der Waals surface area contributed by atoms with Gasteiger partial charge in [-0.3, -0.25) is 0 Å². The zero-order valence-corrected chi connectivity index (χ0v) is 12.1. The number of thioether (sulfide) groups is 1. The van der Waals surface area contributed by atoms with Crippen LogP contribution in [0.25, 0.3) is 0 Å². The minimum atomic E-state index is -0.220. The molecule has 1 heterocycles. The summed E-state index contributed by atoms with van der Waals surface area (Å²) in [5.74, 6) is 0.766. The average Bonchev–Trinajstić information content (AvgIpc) is 2.51. The van der Waals surface area contributed by atoms with Crippen molar-refractivity contribution < 1.29 is 9.53 Å². The second-order valence-electron chi connectivity index (χ2n) is 4.70. The predicted octanol–water partition coefficient (Wildman–Crippen LogP) is 4.39. The van der Waals surface area contributed by atoms with Gasteiger partial charge < -0.3 is 4.74 Å². The van der Waals surface area contributed by atoms with Crippen molar-refractivity contribution >= 4 is 17.7 Å². The lowest BCUT2D eigenvalue weighted by molar-refractivity contribution is 0.0244. The van der Waals surface area contributed by atoms with Crippen LogP contribution in [0.4, 0.5) is 0 Å². The summed E-state index contributed by atoms with van der Waals surface area (Å²) in [6.45, 7) is 2.13. The quantitative estimate of drug-likeness (QED) is 0.782. The number of benzene rings is 2. The number of carbonyl (C=O) groups is 1. The first-order valence-corrected chi connectivity index (χ1v) is 7.82. The molecule has 0 aliphatic carbocycles. The number of hydrogen-bond acceptors (Lipinski definition) is 3. The van der Waals surface area contributed by atoms with Crippen molar-refractivity contribution in [3.05, 3.63) is 71.3 Å². The first kappa shape index (κ1) is 13.3. The van der Waals surface area contributed by atoms with Gasteiger partial charge in [-0.05, 0) is 22.9 Å². The van der Waals surface area contributed by atoms with Crippen LogP contribution < -0.4 is 0 Å². The van der Waals surface area contributed by atoms with Crippen LogP contribution >= 0.6 is 11.8 Å². The molecule has 0 aromatic heterocycles. The van der Waals surface area contributed by atoms with Crippen LogP contribution in [0.15, 0.2) is 54.6 Å². The maximum atomic E-state index is 12.2. The van der Waals surface area contributed by atoms with Crippen molar-refractivity contribution in [2.45, 2.75) is 18.3 Å². The van der Waals surface area contributed by atoms with E-state index in [0.29, 0.717) is 5.56 Å². The fraction of sp³-hybridized carbons (Fsp3) is 0.235. The second-order valence-corrected chi connectivity index (χ2v) is 6.12. The van der Waals surface area contributed by atoms with Gasteiger partial charge in [0.2, 0.25) is 0 Å². The van der Waals surface area contributed by atoms with Crippen LogP contribution in [0.5, 0.6) is 0 Å². The van der Waals surface area contributed by atoms with E-state index in [4.69, 9.17) is 4.74 Å². The minimum absolute atomic E-state index is 0.163. The second kappa shape index (κ2) is 5.71. The summed E-state index contributed by atoms with van der Waals surface area (Å²) in [4.78, 5) is 12.2. The van der Waals surface area contributed by atoms with E-state index in [1.807, 2.05) is 66.4 Å². The lowest BCUT2D eigenvalue weighted by atomic mass is 9.94. The molecule has 0 fully saturated rings. The zero-order chi connectivity index (χ0) is 13.9. The van der Waals surface area contributed by atoms with Gasteiger partial charge in [-0.2, -0.15) is 0 Å². The SMILES string of the molecule is CCS[C@H]1c2ccccc2C(=O)O[C@@H]1c1ccccc1. The molecule has 3 heteroatoms. The third kappa shape index (κ3) is 2.34. The Hall–Kier alpha value is -1.74. The minimum Gasteiger partial charge on any atom is -0.452 e. The molecule has 0 radical (unpaired) electrons. The summed E-state index contributed by atoms with van der Waals surface area (Å²) in [6.07, 6.45) is -0.205. The van der Waals surface area contributed by atoms with E-state index in [1.165, 1.54) is 0 Å². The molecule has 3 rings (SSSR count). The molecule has 2 aromatic carbocycles. The first-order valence-electron chi connectivity index (χ1n) is 6.77. The molecule has 0 saturated carbocycles. The number of cyclic esters (lactones) is 1. The van der Waals surface area contributed by atoms with E-state index < -0.39 is 0 Å². The molecule has 0 unspecified atom stereocenters. The lowest BCUT2D eigenvalue weighted by Crippen LogP contribution is -2.25. The Kier molecular flexibility index (Phi) is 3.79. The number of hydrogen-bond donors (Lipinski definition) is 0. The highest BCUT2D eigenvalue weighted by atomic mass is 32.2. The molecular weight excluding hydrogens is 268 g/mol. The van der Waals surface area contributed by atoms with Gasteiger partial charge in [0, 0.05) is 0 Å². The van der Waals surface area contributed by atoms with Crippen molar-refractivity contribution in [2.24, 2.45) is 0 Å². The van der Waals surface area contributed by atoms with Crippen LogP contribution in [-0.2, 0) is 4.74 Å². The first-order chi connectivity index (χ1) is 9.81. The van der Waals surface area contributed by atoms with Gasteiger partial charge in [0.25, 0.3) is 0 Å². The van der Waals surface area contributed by atoms with Crippen molar-refractivity contribution in [1.82, 2.24) is 0 Å². The van der Waals surface area contributed by atoms with Gasteiger partial charge in [-0.1, -0.05) is 55.5 Å². The largest absolute Gasteiger partial charge is 0.452 e. The Morgan fingerprint density at radius 3 is 2.50 bits per heavy atom. The van der Waals surface area contributed by atoms with E-state index in [2.05, 4.69) is 6.92 Å². The highest BCUT2D eigenvalue weighted by Gasteiger charge is 2.36. The summed E-state index contributed by atoms with van der Waals surface area (Å²) in [6, 6.07) is 17.8. The van der Waals surface area contributed by atoms with Gasteiger partial charge in [-0.15, -0.1) is 11.8 Å². The summed E-state index contributed by atoms with van der Waals surface area (Å²) >= 11 is 1.82. The van der Waals surface area contributed by atoms with Crippen molar-refractivity contribution in [3.63, 3.8) is 0 Å². The molecule has 1 aliphatic rings. The van der Waals surface area contributed by atoms with E-state index in [9.17, 15) is 4.79 Å². The highest BCUT2D eigenvalue weighted by Crippen LogP contribution is 2.46. The van der Waals surface area contributed by atoms with Gasteiger partial charge in [-0.25, -0.2) is 4.79 Å². The summed E-state index contributed by atoms with van der Waals surface area (Å²) in [5.41, 5.74) is 2.84. The fourth-order valence-corrected chi connectivity index (χ4v) is 3.71. The number of fused-ring (bicyclic) bond motifs is 1. The average molecular weight is 284 g/mol.